The van der Waals surface area contributed by atoms with Gasteiger partial charge in [0.05, 0.1) is 4.92 Å². The molecule has 0 spiro atoms. The SMILES string of the molecule is CCNCc1cc([N+](=O)[O-])ccc1OCC(N)=O. The zero-order valence-electron chi connectivity index (χ0n) is 10.0. The van der Waals surface area contributed by atoms with Gasteiger partial charge in [-0.15, -0.1) is 0 Å². The summed E-state index contributed by atoms with van der Waals surface area (Å²) in [5, 5.41) is 13.7. The molecule has 0 fully saturated rings. The first-order valence-electron chi connectivity index (χ1n) is 5.43. The standard InChI is InChI=1S/C11H15N3O4/c1-2-13-6-8-5-9(14(16)17)3-4-10(8)18-7-11(12)15/h3-5,13H,2,6-7H2,1H3,(H2,12,15). The number of amides is 1. The average molecular weight is 253 g/mol. The summed E-state index contributed by atoms with van der Waals surface area (Å²) in [5.74, 6) is -0.178. The summed E-state index contributed by atoms with van der Waals surface area (Å²) < 4.78 is 5.19. The van der Waals surface area contributed by atoms with Gasteiger partial charge >= 0.3 is 0 Å². The van der Waals surface area contributed by atoms with Gasteiger partial charge in [-0.3, -0.25) is 14.9 Å². The third-order valence-electron chi connectivity index (χ3n) is 2.19. The highest BCUT2D eigenvalue weighted by Gasteiger charge is 2.12. The van der Waals surface area contributed by atoms with Crippen LogP contribution in [0.15, 0.2) is 18.2 Å². The van der Waals surface area contributed by atoms with Crippen molar-refractivity contribution in [3.63, 3.8) is 0 Å². The third-order valence-corrected chi connectivity index (χ3v) is 2.19. The lowest BCUT2D eigenvalue weighted by Gasteiger charge is -2.10. The Morgan fingerprint density at radius 3 is 2.83 bits per heavy atom. The van der Waals surface area contributed by atoms with Crippen LogP contribution < -0.4 is 15.8 Å². The van der Waals surface area contributed by atoms with Crippen molar-refractivity contribution in [1.82, 2.24) is 5.32 Å². The van der Waals surface area contributed by atoms with Gasteiger partial charge < -0.3 is 15.8 Å². The van der Waals surface area contributed by atoms with Crippen LogP contribution in [0.5, 0.6) is 5.75 Å². The van der Waals surface area contributed by atoms with Gasteiger partial charge in [0.15, 0.2) is 6.61 Å². The maximum atomic E-state index is 10.7. The van der Waals surface area contributed by atoms with E-state index in [0.29, 0.717) is 17.9 Å². The molecule has 18 heavy (non-hydrogen) atoms. The van der Waals surface area contributed by atoms with E-state index in [1.807, 2.05) is 6.92 Å². The van der Waals surface area contributed by atoms with Crippen molar-refractivity contribution >= 4 is 11.6 Å². The highest BCUT2D eigenvalue weighted by molar-refractivity contribution is 5.75. The Morgan fingerprint density at radius 2 is 2.28 bits per heavy atom. The molecule has 98 valence electrons. The summed E-state index contributed by atoms with van der Waals surface area (Å²) in [6.45, 7) is 2.81. The maximum absolute atomic E-state index is 10.7. The fourth-order valence-electron chi connectivity index (χ4n) is 1.37. The number of carbonyl (C=O) groups excluding carboxylic acids is 1. The Bertz CT molecular complexity index is 448. The first-order chi connectivity index (χ1) is 8.54. The minimum atomic E-state index is -0.595. The largest absolute Gasteiger partial charge is 0.483 e. The molecule has 0 saturated heterocycles. The summed E-state index contributed by atoms with van der Waals surface area (Å²) in [6, 6.07) is 4.21. The van der Waals surface area contributed by atoms with E-state index in [4.69, 9.17) is 10.5 Å². The number of nitro benzene ring substituents is 1. The van der Waals surface area contributed by atoms with Crippen molar-refractivity contribution in [1.29, 1.82) is 0 Å². The van der Waals surface area contributed by atoms with Gasteiger partial charge in [-0.25, -0.2) is 0 Å². The number of hydrogen-bond donors (Lipinski definition) is 2. The Labute approximate surface area is 104 Å². The predicted octanol–water partition coefficient (Wildman–Crippen LogP) is 0.568. The number of nitrogens with zero attached hydrogens (tertiary/aromatic N) is 1. The molecule has 7 nitrogen and oxygen atoms in total. The molecule has 0 aliphatic rings. The number of nitro groups is 1. The second-order valence-corrected chi connectivity index (χ2v) is 3.58. The summed E-state index contributed by atoms with van der Waals surface area (Å²) in [5.41, 5.74) is 5.58. The molecule has 0 bridgehead atoms. The number of rotatable bonds is 7. The van der Waals surface area contributed by atoms with Crippen LogP contribution in [0.2, 0.25) is 0 Å². The van der Waals surface area contributed by atoms with Gasteiger partial charge in [0.25, 0.3) is 11.6 Å². The summed E-state index contributed by atoms with van der Waals surface area (Å²) in [6.07, 6.45) is 0. The number of nitrogens with two attached hydrogens (primary N) is 1. The molecule has 0 aromatic heterocycles. The highest BCUT2D eigenvalue weighted by atomic mass is 16.6. The minimum Gasteiger partial charge on any atom is -0.483 e. The molecular weight excluding hydrogens is 238 g/mol. The molecule has 0 unspecified atom stereocenters. The molecule has 0 aliphatic heterocycles. The Balaban J connectivity index is 2.92. The average Bonchev–Trinajstić information content (AvgIpc) is 2.33. The molecule has 3 N–H and O–H groups in total. The van der Waals surface area contributed by atoms with Gasteiger partial charge in [-0.1, -0.05) is 6.92 Å². The number of nitrogens with one attached hydrogen (secondary N) is 1. The van der Waals surface area contributed by atoms with Crippen molar-refractivity contribution in [3.05, 3.63) is 33.9 Å². The summed E-state index contributed by atoms with van der Waals surface area (Å²) in [4.78, 5) is 20.8. The van der Waals surface area contributed by atoms with Crippen molar-refractivity contribution in [3.8, 4) is 5.75 Å². The predicted molar refractivity (Wildman–Crippen MR) is 65.2 cm³/mol. The van der Waals surface area contributed by atoms with E-state index in [1.165, 1.54) is 18.2 Å². The lowest BCUT2D eigenvalue weighted by atomic mass is 10.1. The molecule has 0 radical (unpaired) electrons. The van der Waals surface area contributed by atoms with Crippen LogP contribution in [0.1, 0.15) is 12.5 Å². The third kappa shape index (κ3) is 4.02. The molecule has 1 rings (SSSR count). The van der Waals surface area contributed by atoms with E-state index >= 15 is 0 Å². The Hall–Kier alpha value is -2.15. The fourth-order valence-corrected chi connectivity index (χ4v) is 1.37. The van der Waals surface area contributed by atoms with Crippen LogP contribution in [-0.4, -0.2) is 24.0 Å². The minimum absolute atomic E-state index is 0.0191. The second kappa shape index (κ2) is 6.55. The van der Waals surface area contributed by atoms with Crippen molar-refractivity contribution in [2.75, 3.05) is 13.2 Å². The van der Waals surface area contributed by atoms with E-state index < -0.39 is 10.8 Å². The van der Waals surface area contributed by atoms with Crippen molar-refractivity contribution in [2.45, 2.75) is 13.5 Å². The van der Waals surface area contributed by atoms with Crippen molar-refractivity contribution in [2.24, 2.45) is 5.73 Å². The van der Waals surface area contributed by atoms with E-state index in [9.17, 15) is 14.9 Å². The van der Waals surface area contributed by atoms with Gasteiger partial charge in [0.1, 0.15) is 5.75 Å². The second-order valence-electron chi connectivity index (χ2n) is 3.58. The lowest BCUT2D eigenvalue weighted by molar-refractivity contribution is -0.384. The summed E-state index contributed by atoms with van der Waals surface area (Å²) in [7, 11) is 0. The summed E-state index contributed by atoms with van der Waals surface area (Å²) >= 11 is 0. The van der Waals surface area contributed by atoms with Gasteiger partial charge in [-0.2, -0.15) is 0 Å². The van der Waals surface area contributed by atoms with Gasteiger partial charge in [0, 0.05) is 24.2 Å². The van der Waals surface area contributed by atoms with Crippen LogP contribution in [0.3, 0.4) is 0 Å². The Kier molecular flexibility index (Phi) is 5.06. The zero-order chi connectivity index (χ0) is 13.5. The molecule has 1 aromatic rings. The molecule has 0 saturated carbocycles. The monoisotopic (exact) mass is 253 g/mol. The molecule has 0 heterocycles. The fraction of sp³-hybridized carbons (Fsp3) is 0.364. The number of hydrogen-bond acceptors (Lipinski definition) is 5. The number of ether oxygens (including phenoxy) is 1. The molecule has 0 aliphatic carbocycles. The van der Waals surface area contributed by atoms with Crippen molar-refractivity contribution < 1.29 is 14.5 Å². The molecular formula is C11H15N3O4. The van der Waals surface area contributed by atoms with E-state index in [1.54, 1.807) is 0 Å². The topological polar surface area (TPSA) is 107 Å². The first-order valence-corrected chi connectivity index (χ1v) is 5.43. The first kappa shape index (κ1) is 13.9. The zero-order valence-corrected chi connectivity index (χ0v) is 10.0. The van der Waals surface area contributed by atoms with Gasteiger partial charge in [-0.05, 0) is 12.6 Å². The number of non-ortho nitro benzene ring substituents is 1. The van der Waals surface area contributed by atoms with E-state index in [0.717, 1.165) is 6.54 Å². The molecule has 0 atom stereocenters. The van der Waals surface area contributed by atoms with E-state index in [2.05, 4.69) is 5.32 Å². The smallest absolute Gasteiger partial charge is 0.270 e. The Morgan fingerprint density at radius 1 is 1.56 bits per heavy atom. The number of benzene rings is 1. The van der Waals surface area contributed by atoms with Crippen LogP contribution in [0.4, 0.5) is 5.69 Å². The normalized spacial score (nSPS) is 10.1. The van der Waals surface area contributed by atoms with Crippen LogP contribution in [0.25, 0.3) is 0 Å². The molecule has 1 amide bonds. The van der Waals surface area contributed by atoms with Crippen LogP contribution >= 0.6 is 0 Å². The van der Waals surface area contributed by atoms with E-state index in [-0.39, 0.29) is 12.3 Å². The molecule has 7 heteroatoms. The highest BCUT2D eigenvalue weighted by Crippen LogP contribution is 2.24. The quantitative estimate of drug-likeness (QED) is 0.545. The lowest BCUT2D eigenvalue weighted by Crippen LogP contribution is -2.21. The van der Waals surface area contributed by atoms with Crippen LogP contribution in [0, 0.1) is 10.1 Å². The molecule has 1 aromatic carbocycles. The number of carbonyl (C=O) groups is 1. The van der Waals surface area contributed by atoms with Crippen LogP contribution in [-0.2, 0) is 11.3 Å². The number of primary amides is 1. The maximum Gasteiger partial charge on any atom is 0.270 e. The van der Waals surface area contributed by atoms with Gasteiger partial charge in [0.2, 0.25) is 0 Å².